The molecule has 2 unspecified atom stereocenters. The monoisotopic (exact) mass is 240 g/mol. The average Bonchev–Trinajstić information content (AvgIpc) is 2.79. The Hall–Kier alpha value is -0.0800. The van der Waals surface area contributed by atoms with Crippen LogP contribution in [0.5, 0.6) is 0 Å². The van der Waals surface area contributed by atoms with Crippen molar-refractivity contribution in [3.05, 3.63) is 0 Å². The van der Waals surface area contributed by atoms with Crippen LogP contribution in [0.3, 0.4) is 0 Å². The smallest absolute Gasteiger partial charge is 0.0105 e. The lowest BCUT2D eigenvalue weighted by molar-refractivity contribution is 0.142. The van der Waals surface area contributed by atoms with E-state index in [0.717, 1.165) is 31.0 Å². The van der Waals surface area contributed by atoms with Crippen molar-refractivity contribution in [3.8, 4) is 0 Å². The Morgan fingerprint density at radius 1 is 1.06 bits per heavy atom. The lowest BCUT2D eigenvalue weighted by Crippen LogP contribution is -2.43. The van der Waals surface area contributed by atoms with Gasteiger partial charge in [0.2, 0.25) is 0 Å². The van der Waals surface area contributed by atoms with Crippen LogP contribution in [0, 0.1) is 11.8 Å². The van der Waals surface area contributed by atoms with Gasteiger partial charge in [0.25, 0.3) is 0 Å². The van der Waals surface area contributed by atoms with Crippen LogP contribution >= 0.6 is 0 Å². The first-order valence-corrected chi connectivity index (χ1v) is 7.45. The first-order valence-electron chi connectivity index (χ1n) is 7.45. The standard InChI is InChI=1S/C15H32N2/c1-12(2)10-16-11-13(3)14(4)17(5)15-8-6-7-9-15/h12-16H,6-11H2,1-5H3. The highest BCUT2D eigenvalue weighted by molar-refractivity contribution is 4.81. The Kier molecular flexibility index (Phi) is 6.50. The molecular formula is C15H32N2. The summed E-state index contributed by atoms with van der Waals surface area (Å²) in [6.07, 6.45) is 5.68. The SMILES string of the molecule is CC(C)CNCC(C)C(C)N(C)C1CCCC1. The topological polar surface area (TPSA) is 15.3 Å². The van der Waals surface area contributed by atoms with E-state index in [1.54, 1.807) is 0 Å². The molecular weight excluding hydrogens is 208 g/mol. The fraction of sp³-hybridized carbons (Fsp3) is 1.00. The van der Waals surface area contributed by atoms with Crippen molar-refractivity contribution < 1.29 is 0 Å². The molecule has 102 valence electrons. The van der Waals surface area contributed by atoms with Gasteiger partial charge in [-0.2, -0.15) is 0 Å². The molecule has 2 nitrogen and oxygen atoms in total. The molecule has 0 aliphatic heterocycles. The first-order chi connectivity index (χ1) is 8.02. The van der Waals surface area contributed by atoms with Gasteiger partial charge in [0.1, 0.15) is 0 Å². The maximum absolute atomic E-state index is 3.58. The van der Waals surface area contributed by atoms with Crippen molar-refractivity contribution in [3.63, 3.8) is 0 Å². The van der Waals surface area contributed by atoms with E-state index in [1.165, 1.54) is 25.7 Å². The van der Waals surface area contributed by atoms with Crippen molar-refractivity contribution in [2.75, 3.05) is 20.1 Å². The van der Waals surface area contributed by atoms with Crippen molar-refractivity contribution in [2.24, 2.45) is 11.8 Å². The third kappa shape index (κ3) is 4.97. The van der Waals surface area contributed by atoms with E-state index in [2.05, 4.69) is 45.0 Å². The van der Waals surface area contributed by atoms with Crippen LogP contribution in [0.15, 0.2) is 0 Å². The van der Waals surface area contributed by atoms with Gasteiger partial charge < -0.3 is 10.2 Å². The zero-order chi connectivity index (χ0) is 12.8. The summed E-state index contributed by atoms with van der Waals surface area (Å²) in [4.78, 5) is 2.62. The second-order valence-electron chi connectivity index (χ2n) is 6.37. The number of rotatable bonds is 7. The number of nitrogens with zero attached hydrogens (tertiary/aromatic N) is 1. The molecule has 1 aliphatic rings. The maximum atomic E-state index is 3.58. The molecule has 1 aliphatic carbocycles. The van der Waals surface area contributed by atoms with Gasteiger partial charge in [-0.3, -0.25) is 0 Å². The van der Waals surface area contributed by atoms with Crippen molar-refractivity contribution in [2.45, 2.75) is 65.5 Å². The molecule has 17 heavy (non-hydrogen) atoms. The quantitative estimate of drug-likeness (QED) is 0.735. The first kappa shape index (κ1) is 15.0. The molecule has 0 saturated heterocycles. The molecule has 0 aromatic heterocycles. The normalized spacial score (nSPS) is 21.4. The van der Waals surface area contributed by atoms with Gasteiger partial charge in [-0.05, 0) is 51.7 Å². The summed E-state index contributed by atoms with van der Waals surface area (Å²) in [6.45, 7) is 11.6. The summed E-state index contributed by atoms with van der Waals surface area (Å²) in [5, 5.41) is 3.58. The lowest BCUT2D eigenvalue weighted by Gasteiger charge is -2.34. The lowest BCUT2D eigenvalue weighted by atomic mass is 10.00. The van der Waals surface area contributed by atoms with E-state index in [9.17, 15) is 0 Å². The van der Waals surface area contributed by atoms with Crippen molar-refractivity contribution in [1.29, 1.82) is 0 Å². The second-order valence-corrected chi connectivity index (χ2v) is 6.37. The number of hydrogen-bond donors (Lipinski definition) is 1. The van der Waals surface area contributed by atoms with Crippen LogP contribution in [0.25, 0.3) is 0 Å². The molecule has 0 bridgehead atoms. The van der Waals surface area contributed by atoms with Crippen LogP contribution < -0.4 is 5.32 Å². The van der Waals surface area contributed by atoms with Crippen LogP contribution in [0.4, 0.5) is 0 Å². The third-order valence-corrected chi connectivity index (χ3v) is 4.39. The average molecular weight is 240 g/mol. The minimum Gasteiger partial charge on any atom is -0.316 e. The molecule has 0 aromatic carbocycles. The highest BCUT2D eigenvalue weighted by atomic mass is 15.2. The zero-order valence-corrected chi connectivity index (χ0v) is 12.5. The predicted octanol–water partition coefficient (Wildman–Crippen LogP) is 3.13. The van der Waals surface area contributed by atoms with Crippen LogP contribution in [-0.2, 0) is 0 Å². The largest absolute Gasteiger partial charge is 0.316 e. The minimum atomic E-state index is 0.692. The number of nitrogens with one attached hydrogen (secondary N) is 1. The van der Waals surface area contributed by atoms with E-state index < -0.39 is 0 Å². The number of hydrogen-bond acceptors (Lipinski definition) is 2. The molecule has 0 heterocycles. The van der Waals surface area contributed by atoms with Gasteiger partial charge in [-0.1, -0.05) is 33.6 Å². The van der Waals surface area contributed by atoms with Crippen LogP contribution in [-0.4, -0.2) is 37.1 Å². The summed E-state index contributed by atoms with van der Waals surface area (Å²) in [7, 11) is 2.32. The van der Waals surface area contributed by atoms with Gasteiger partial charge in [-0.25, -0.2) is 0 Å². The fourth-order valence-electron chi connectivity index (χ4n) is 2.82. The molecule has 0 spiro atoms. The van der Waals surface area contributed by atoms with E-state index in [-0.39, 0.29) is 0 Å². The van der Waals surface area contributed by atoms with Crippen LogP contribution in [0.2, 0.25) is 0 Å². The molecule has 1 rings (SSSR count). The van der Waals surface area contributed by atoms with Crippen LogP contribution in [0.1, 0.15) is 53.4 Å². The third-order valence-electron chi connectivity index (χ3n) is 4.39. The molecule has 0 aromatic rings. The van der Waals surface area contributed by atoms with E-state index in [4.69, 9.17) is 0 Å². The maximum Gasteiger partial charge on any atom is 0.0105 e. The van der Waals surface area contributed by atoms with Gasteiger partial charge in [0, 0.05) is 12.1 Å². The molecule has 2 atom stereocenters. The second kappa shape index (κ2) is 7.38. The Labute approximate surface area is 108 Å². The predicted molar refractivity (Wildman–Crippen MR) is 76.4 cm³/mol. The van der Waals surface area contributed by atoms with Crippen molar-refractivity contribution >= 4 is 0 Å². The minimum absolute atomic E-state index is 0.692. The summed E-state index contributed by atoms with van der Waals surface area (Å²) < 4.78 is 0. The van der Waals surface area contributed by atoms with Gasteiger partial charge in [0.15, 0.2) is 0 Å². The Balaban J connectivity index is 2.26. The van der Waals surface area contributed by atoms with Gasteiger partial charge in [-0.15, -0.1) is 0 Å². The van der Waals surface area contributed by atoms with E-state index in [0.29, 0.717) is 6.04 Å². The zero-order valence-electron chi connectivity index (χ0n) is 12.5. The molecule has 0 radical (unpaired) electrons. The molecule has 2 heteroatoms. The summed E-state index contributed by atoms with van der Waals surface area (Å²) >= 11 is 0. The highest BCUT2D eigenvalue weighted by Crippen LogP contribution is 2.25. The fourth-order valence-corrected chi connectivity index (χ4v) is 2.82. The Morgan fingerprint density at radius 3 is 2.18 bits per heavy atom. The van der Waals surface area contributed by atoms with Gasteiger partial charge in [0.05, 0.1) is 0 Å². The molecule has 0 amide bonds. The Bertz CT molecular complexity index is 197. The molecule has 1 fully saturated rings. The summed E-state index contributed by atoms with van der Waals surface area (Å²) in [5.74, 6) is 1.49. The summed E-state index contributed by atoms with van der Waals surface area (Å²) in [6, 6.07) is 1.54. The van der Waals surface area contributed by atoms with Gasteiger partial charge >= 0.3 is 0 Å². The van der Waals surface area contributed by atoms with E-state index in [1.807, 2.05) is 0 Å². The van der Waals surface area contributed by atoms with E-state index >= 15 is 0 Å². The summed E-state index contributed by atoms with van der Waals surface area (Å²) in [5.41, 5.74) is 0. The molecule has 1 N–H and O–H groups in total. The Morgan fingerprint density at radius 2 is 1.65 bits per heavy atom. The highest BCUT2D eigenvalue weighted by Gasteiger charge is 2.25. The van der Waals surface area contributed by atoms with Crippen molar-refractivity contribution in [1.82, 2.24) is 10.2 Å². The molecule has 1 saturated carbocycles.